The first-order valence-electron chi connectivity index (χ1n) is 25.6. The highest BCUT2D eigenvalue weighted by molar-refractivity contribution is 7.09. The summed E-state index contributed by atoms with van der Waals surface area (Å²) in [6, 6.07) is 57.2. The second-order valence-electron chi connectivity index (χ2n) is 20.1. The average molecular weight is 1180 g/mol. The van der Waals surface area contributed by atoms with Crippen molar-refractivity contribution in [3.63, 3.8) is 0 Å². The van der Waals surface area contributed by atoms with Crippen molar-refractivity contribution in [3.05, 3.63) is 239 Å². The monoisotopic (exact) mass is 1180 g/mol. The molecule has 4 N–H and O–H groups in total. The summed E-state index contributed by atoms with van der Waals surface area (Å²) in [7, 11) is -43.5. The third kappa shape index (κ3) is 9.52. The van der Waals surface area contributed by atoms with Gasteiger partial charge in [-0.1, -0.05) is 194 Å². The normalized spacial score (nSPS) is 30.2. The quantitative estimate of drug-likeness (QED) is 0.163. The van der Waals surface area contributed by atoms with E-state index in [9.17, 15) is 19.2 Å². The van der Waals surface area contributed by atoms with Crippen molar-refractivity contribution in [3.8, 4) is 0 Å². The standard InChI is InChI=1S/C56H60O14Si8/c1-41-25-9-17-33-49(41)71(57)61-75(53-37-21-13-29-45(53)5)63-72(58,50-34-18-10-26-42(50)2)64-76(62-71,54-38-22-14-30-46(54)6)70-78(56-40-24-16-32-48(56)8)66-73(59,51-35-19-11-27-43(51)3)65-77(69-75,55-39-23-15-31-47(55)7)67-74(60,68-78)52-36-20-12-28-44(52)4/h9-40,57-60H,1-8H3. The van der Waals surface area contributed by atoms with Crippen LogP contribution in [-0.4, -0.2) is 89.6 Å². The highest BCUT2D eigenvalue weighted by atomic mass is 28.6. The van der Waals surface area contributed by atoms with Gasteiger partial charge < -0.3 is 60.3 Å². The Morgan fingerprint density at radius 2 is 0.321 bits per heavy atom. The van der Waals surface area contributed by atoms with Gasteiger partial charge in [0.05, 0.1) is 0 Å². The molecule has 0 saturated carbocycles. The van der Waals surface area contributed by atoms with Gasteiger partial charge in [0.15, 0.2) is 0 Å². The van der Waals surface area contributed by atoms with Crippen LogP contribution in [-0.2, 0) is 41.2 Å². The fourth-order valence-corrected chi connectivity index (χ4v) is 49.6. The molecule has 0 radical (unpaired) electrons. The van der Waals surface area contributed by atoms with Gasteiger partial charge in [-0.3, -0.25) is 0 Å². The summed E-state index contributed by atoms with van der Waals surface area (Å²) < 4.78 is 78.3. The summed E-state index contributed by atoms with van der Waals surface area (Å²) in [6.07, 6.45) is 0. The van der Waals surface area contributed by atoms with Crippen molar-refractivity contribution in [1.82, 2.24) is 0 Å². The molecular weight excluding hydrogens is 1120 g/mol. The molecule has 0 aromatic heterocycles. The van der Waals surface area contributed by atoms with Crippen molar-refractivity contribution in [1.29, 1.82) is 0 Å². The Bertz CT molecular complexity index is 3100. The highest BCUT2D eigenvalue weighted by Crippen LogP contribution is 2.41. The molecule has 4 heterocycles. The Morgan fingerprint density at radius 3 is 0.462 bits per heavy atom. The summed E-state index contributed by atoms with van der Waals surface area (Å²) >= 11 is 0. The minimum Gasteiger partial charge on any atom is -0.387 e. The summed E-state index contributed by atoms with van der Waals surface area (Å²) in [6.45, 7) is 14.6. The molecule has 4 aliphatic heterocycles. The SMILES string of the molecule is Cc1ccccc1[Si]1(O)O[Si]2(c3ccccc3C)O[Si](O)(c3ccccc3C)O[Si](c3ccccc3C)(O1)O[Si]1(c3ccccc3C)O[Si](O)(c3ccccc3C)O[Si](c3ccccc3C)(O[Si](O)(c3ccccc3C)O1)O2. The van der Waals surface area contributed by atoms with Gasteiger partial charge in [-0.2, -0.15) is 0 Å². The smallest absolute Gasteiger partial charge is 0.387 e. The van der Waals surface area contributed by atoms with E-state index in [1.807, 2.05) is 152 Å². The lowest BCUT2D eigenvalue weighted by atomic mass is 10.2. The molecule has 12 rings (SSSR count). The number of hydrogen-bond acceptors (Lipinski definition) is 14. The Morgan fingerprint density at radius 1 is 0.192 bits per heavy atom. The van der Waals surface area contributed by atoms with Gasteiger partial charge in [0.2, 0.25) is 0 Å². The van der Waals surface area contributed by atoms with Crippen LogP contribution in [0.25, 0.3) is 0 Å². The average Bonchev–Trinajstić information content (AvgIpc) is 2.72. The minimum atomic E-state index is -5.50. The second kappa shape index (κ2) is 20.5. The Kier molecular flexibility index (Phi) is 14.4. The number of fused-ring (bicyclic) bond motifs is 4. The summed E-state index contributed by atoms with van der Waals surface area (Å²) in [5.74, 6) is 0. The fraction of sp³-hybridized carbons (Fsp3) is 0.143. The molecule has 4 bridgehead atoms. The van der Waals surface area contributed by atoms with Crippen LogP contribution in [0.5, 0.6) is 0 Å². The van der Waals surface area contributed by atoms with Gasteiger partial charge in [-0.15, -0.1) is 0 Å². The topological polar surface area (TPSA) is 173 Å². The summed E-state index contributed by atoms with van der Waals surface area (Å²) in [5, 5.41) is 1.97. The first kappa shape index (κ1) is 54.9. The van der Waals surface area contributed by atoms with Crippen LogP contribution in [0.4, 0.5) is 0 Å². The summed E-state index contributed by atoms with van der Waals surface area (Å²) in [5.41, 5.74) is 4.50. The lowest BCUT2D eigenvalue weighted by Crippen LogP contribution is -2.90. The van der Waals surface area contributed by atoms with Crippen LogP contribution >= 0.6 is 0 Å². The first-order chi connectivity index (χ1) is 37.2. The van der Waals surface area contributed by atoms with Crippen LogP contribution < -0.4 is 41.5 Å². The van der Waals surface area contributed by atoms with E-state index in [1.165, 1.54) is 0 Å². The molecule has 0 amide bonds. The van der Waals surface area contributed by atoms with Crippen molar-refractivity contribution in [2.75, 3.05) is 0 Å². The zero-order chi connectivity index (χ0) is 54.9. The van der Waals surface area contributed by atoms with Crippen molar-refractivity contribution < 1.29 is 60.3 Å². The van der Waals surface area contributed by atoms with Gasteiger partial charge >= 0.3 is 70.4 Å². The second-order valence-corrected chi connectivity index (χ2v) is 41.7. The summed E-state index contributed by atoms with van der Waals surface area (Å²) in [4.78, 5) is 58.1. The molecule has 0 unspecified atom stereocenters. The van der Waals surface area contributed by atoms with E-state index in [0.717, 1.165) is 0 Å². The molecule has 0 spiro atoms. The van der Waals surface area contributed by atoms with Gasteiger partial charge in [0.1, 0.15) is 0 Å². The number of rotatable bonds is 8. The van der Waals surface area contributed by atoms with Gasteiger partial charge in [0.25, 0.3) is 0 Å². The number of aryl methyl sites for hydroxylation is 8. The van der Waals surface area contributed by atoms with Crippen LogP contribution in [0, 0.1) is 55.4 Å². The van der Waals surface area contributed by atoms with Gasteiger partial charge in [-0.05, 0) is 99.9 Å². The Labute approximate surface area is 463 Å². The third-order valence-electron chi connectivity index (χ3n) is 14.6. The maximum Gasteiger partial charge on any atom is 0.520 e. The highest BCUT2D eigenvalue weighted by Gasteiger charge is 2.79. The molecule has 4 saturated heterocycles. The molecule has 400 valence electrons. The maximum absolute atomic E-state index is 14.5. The number of benzene rings is 8. The van der Waals surface area contributed by atoms with Crippen LogP contribution in [0.3, 0.4) is 0 Å². The minimum absolute atomic E-state index is 0.240. The van der Waals surface area contributed by atoms with E-state index < -0.39 is 70.4 Å². The fourth-order valence-electron chi connectivity index (χ4n) is 10.6. The molecule has 22 heteroatoms. The molecule has 14 nitrogen and oxygen atoms in total. The van der Waals surface area contributed by atoms with Crippen LogP contribution in [0.2, 0.25) is 0 Å². The molecule has 0 atom stereocenters. The molecule has 78 heavy (non-hydrogen) atoms. The first-order valence-corrected chi connectivity index (χ1v) is 39.5. The van der Waals surface area contributed by atoms with Crippen molar-refractivity contribution >= 4 is 112 Å². The van der Waals surface area contributed by atoms with E-state index in [-0.39, 0.29) is 41.5 Å². The lowest BCUT2D eigenvalue weighted by molar-refractivity contribution is 0.0441. The van der Waals surface area contributed by atoms with Crippen LogP contribution in [0.1, 0.15) is 44.5 Å². The van der Waals surface area contributed by atoms with Gasteiger partial charge in [0, 0.05) is 41.5 Å². The van der Waals surface area contributed by atoms with Crippen molar-refractivity contribution in [2.45, 2.75) is 55.4 Å². The largest absolute Gasteiger partial charge is 0.520 e. The predicted molar refractivity (Wildman–Crippen MR) is 312 cm³/mol. The predicted octanol–water partition coefficient (Wildman–Crippen LogP) is 3.40. The van der Waals surface area contributed by atoms with Crippen LogP contribution in [0.15, 0.2) is 194 Å². The van der Waals surface area contributed by atoms with E-state index in [0.29, 0.717) is 44.5 Å². The van der Waals surface area contributed by atoms with E-state index >= 15 is 0 Å². The van der Waals surface area contributed by atoms with E-state index in [2.05, 4.69) is 0 Å². The maximum atomic E-state index is 14.5. The van der Waals surface area contributed by atoms with Gasteiger partial charge in [-0.25, -0.2) is 0 Å². The third-order valence-corrected chi connectivity index (χ3v) is 46.2. The Hall–Kier alpha value is -5.06. The zero-order valence-electron chi connectivity index (χ0n) is 44.3. The number of hydrogen-bond donors (Lipinski definition) is 4. The molecule has 4 aliphatic rings. The molecule has 8 aromatic rings. The zero-order valence-corrected chi connectivity index (χ0v) is 52.3. The lowest BCUT2D eigenvalue weighted by Gasteiger charge is -2.55. The molecular formula is C56H60O14Si8. The molecule has 4 fully saturated rings. The van der Waals surface area contributed by atoms with E-state index in [4.69, 9.17) is 41.2 Å². The van der Waals surface area contributed by atoms with E-state index in [1.54, 1.807) is 97.1 Å². The Balaban J connectivity index is 1.42. The van der Waals surface area contributed by atoms with Crippen molar-refractivity contribution in [2.24, 2.45) is 0 Å². The molecule has 8 aromatic carbocycles. The molecule has 0 aliphatic carbocycles.